The summed E-state index contributed by atoms with van der Waals surface area (Å²) in [5.74, 6) is 1.37. The van der Waals surface area contributed by atoms with E-state index < -0.39 is 5.24 Å². The van der Waals surface area contributed by atoms with E-state index >= 15 is 0 Å². The summed E-state index contributed by atoms with van der Waals surface area (Å²) >= 11 is 5.22. The molecule has 1 aromatic carbocycles. The van der Waals surface area contributed by atoms with Gasteiger partial charge in [-0.3, -0.25) is 4.79 Å². The van der Waals surface area contributed by atoms with E-state index in [0.717, 1.165) is 5.56 Å². The van der Waals surface area contributed by atoms with E-state index in [2.05, 4.69) is 0 Å². The number of allylic oxidation sites excluding steroid dienone is 1. The van der Waals surface area contributed by atoms with Crippen LogP contribution in [0.25, 0.3) is 6.08 Å². The highest BCUT2D eigenvalue weighted by atomic mass is 35.5. The minimum absolute atomic E-state index is 0.515. The van der Waals surface area contributed by atoms with Crippen LogP contribution in [0, 0.1) is 0 Å². The van der Waals surface area contributed by atoms with Gasteiger partial charge in [-0.15, -0.1) is 0 Å². The topological polar surface area (TPSA) is 35.5 Å². The first-order valence-electron chi connectivity index (χ1n) is 4.85. The Morgan fingerprint density at radius 3 is 2.81 bits per heavy atom. The summed E-state index contributed by atoms with van der Waals surface area (Å²) in [5, 5.41) is -0.515. The van der Waals surface area contributed by atoms with Crippen LogP contribution in [-0.2, 0) is 4.79 Å². The number of halogens is 1. The van der Waals surface area contributed by atoms with E-state index in [4.69, 9.17) is 21.1 Å². The van der Waals surface area contributed by atoms with Crippen LogP contribution in [0.1, 0.15) is 12.5 Å². The molecule has 3 nitrogen and oxygen atoms in total. The van der Waals surface area contributed by atoms with E-state index in [-0.39, 0.29) is 0 Å². The molecule has 1 rings (SSSR count). The van der Waals surface area contributed by atoms with Gasteiger partial charge in [0.1, 0.15) is 11.5 Å². The molecule has 0 aromatic heterocycles. The SMILES string of the molecule is CCOc1cc(OC)ccc1/C=C/C(=O)Cl. The minimum atomic E-state index is -0.515. The van der Waals surface area contributed by atoms with Gasteiger partial charge in [-0.2, -0.15) is 0 Å². The van der Waals surface area contributed by atoms with Crippen molar-refractivity contribution >= 4 is 22.9 Å². The predicted octanol–water partition coefficient (Wildman–Crippen LogP) is 2.87. The molecule has 0 radical (unpaired) electrons. The first-order chi connectivity index (χ1) is 7.67. The second-order valence-corrected chi connectivity index (χ2v) is 3.35. The standard InChI is InChI=1S/C12H13ClO3/c1-3-16-11-8-10(15-2)6-4-9(11)5-7-12(13)14/h4-8H,3H2,1-2H3/b7-5+. The molecule has 0 saturated carbocycles. The lowest BCUT2D eigenvalue weighted by atomic mass is 10.2. The molecule has 0 fully saturated rings. The molecule has 0 amide bonds. The first kappa shape index (κ1) is 12.6. The van der Waals surface area contributed by atoms with Gasteiger partial charge in [0.15, 0.2) is 0 Å². The van der Waals surface area contributed by atoms with Gasteiger partial charge in [0, 0.05) is 11.6 Å². The van der Waals surface area contributed by atoms with Crippen LogP contribution in [0.2, 0.25) is 0 Å². The van der Waals surface area contributed by atoms with Crippen molar-refractivity contribution < 1.29 is 14.3 Å². The molecule has 0 saturated heterocycles. The van der Waals surface area contributed by atoms with Crippen molar-refractivity contribution in [1.29, 1.82) is 0 Å². The molecule has 0 aliphatic rings. The highest BCUT2D eigenvalue weighted by Gasteiger charge is 2.03. The van der Waals surface area contributed by atoms with E-state index in [1.54, 1.807) is 31.4 Å². The van der Waals surface area contributed by atoms with Crippen molar-refractivity contribution in [3.8, 4) is 11.5 Å². The predicted molar refractivity (Wildman–Crippen MR) is 64.1 cm³/mol. The average molecular weight is 241 g/mol. The molecule has 0 N–H and O–H groups in total. The first-order valence-corrected chi connectivity index (χ1v) is 5.23. The number of carbonyl (C=O) groups is 1. The molecular weight excluding hydrogens is 228 g/mol. The summed E-state index contributed by atoms with van der Waals surface area (Å²) in [6, 6.07) is 5.36. The number of rotatable bonds is 5. The average Bonchev–Trinajstić information content (AvgIpc) is 2.27. The zero-order chi connectivity index (χ0) is 12.0. The van der Waals surface area contributed by atoms with Crippen molar-refractivity contribution in [3.63, 3.8) is 0 Å². The number of hydrogen-bond acceptors (Lipinski definition) is 3. The largest absolute Gasteiger partial charge is 0.497 e. The maximum absolute atomic E-state index is 10.6. The van der Waals surface area contributed by atoms with Gasteiger partial charge < -0.3 is 9.47 Å². The number of methoxy groups -OCH3 is 1. The van der Waals surface area contributed by atoms with Crippen LogP contribution in [-0.4, -0.2) is 19.0 Å². The van der Waals surface area contributed by atoms with Gasteiger partial charge in [-0.25, -0.2) is 0 Å². The number of hydrogen-bond donors (Lipinski definition) is 0. The maximum Gasteiger partial charge on any atom is 0.245 e. The second kappa shape index (κ2) is 6.18. The van der Waals surface area contributed by atoms with Gasteiger partial charge in [0.25, 0.3) is 0 Å². The number of benzene rings is 1. The molecular formula is C12H13ClO3. The Hall–Kier alpha value is -1.48. The van der Waals surface area contributed by atoms with Gasteiger partial charge >= 0.3 is 0 Å². The molecule has 0 atom stereocenters. The van der Waals surface area contributed by atoms with Crippen molar-refractivity contribution in [2.75, 3.05) is 13.7 Å². The minimum Gasteiger partial charge on any atom is -0.497 e. The molecule has 86 valence electrons. The Labute approximate surface area is 99.6 Å². The lowest BCUT2D eigenvalue weighted by Crippen LogP contribution is -1.95. The summed E-state index contributed by atoms with van der Waals surface area (Å²) < 4.78 is 10.5. The van der Waals surface area contributed by atoms with E-state index in [1.807, 2.05) is 6.92 Å². The van der Waals surface area contributed by atoms with Crippen molar-refractivity contribution in [3.05, 3.63) is 29.8 Å². The Kier molecular flexibility index (Phi) is 4.86. The van der Waals surface area contributed by atoms with Crippen LogP contribution in [0.15, 0.2) is 24.3 Å². The van der Waals surface area contributed by atoms with Gasteiger partial charge in [-0.1, -0.05) is 0 Å². The highest BCUT2D eigenvalue weighted by molar-refractivity contribution is 6.66. The third kappa shape index (κ3) is 3.59. The summed E-state index contributed by atoms with van der Waals surface area (Å²) in [6.45, 7) is 2.43. The summed E-state index contributed by atoms with van der Waals surface area (Å²) in [5.41, 5.74) is 0.789. The summed E-state index contributed by atoms with van der Waals surface area (Å²) in [6.07, 6.45) is 2.89. The van der Waals surface area contributed by atoms with Crippen molar-refractivity contribution in [2.45, 2.75) is 6.92 Å². The quantitative estimate of drug-likeness (QED) is 0.587. The zero-order valence-corrected chi connectivity index (χ0v) is 9.95. The van der Waals surface area contributed by atoms with E-state index in [9.17, 15) is 4.79 Å². The van der Waals surface area contributed by atoms with E-state index in [0.29, 0.717) is 18.1 Å². The molecule has 4 heteroatoms. The molecule has 0 aliphatic carbocycles. The normalized spacial score (nSPS) is 10.4. The molecule has 1 aromatic rings. The Balaban J connectivity index is 3.02. The number of ether oxygens (including phenoxy) is 2. The van der Waals surface area contributed by atoms with Crippen LogP contribution in [0.5, 0.6) is 11.5 Å². The van der Waals surface area contributed by atoms with Gasteiger partial charge in [0.05, 0.1) is 13.7 Å². The Morgan fingerprint density at radius 1 is 1.50 bits per heavy atom. The molecule has 0 bridgehead atoms. The van der Waals surface area contributed by atoms with Gasteiger partial charge in [0.2, 0.25) is 5.24 Å². The molecule has 0 aliphatic heterocycles. The third-order valence-corrected chi connectivity index (χ3v) is 2.04. The van der Waals surface area contributed by atoms with Crippen LogP contribution < -0.4 is 9.47 Å². The van der Waals surface area contributed by atoms with Gasteiger partial charge in [-0.05, 0) is 42.8 Å². The zero-order valence-electron chi connectivity index (χ0n) is 9.20. The molecule has 0 heterocycles. The van der Waals surface area contributed by atoms with Crippen molar-refractivity contribution in [1.82, 2.24) is 0 Å². The Morgan fingerprint density at radius 2 is 2.25 bits per heavy atom. The van der Waals surface area contributed by atoms with Crippen LogP contribution >= 0.6 is 11.6 Å². The summed E-state index contributed by atoms with van der Waals surface area (Å²) in [7, 11) is 1.59. The molecule has 0 unspecified atom stereocenters. The lowest BCUT2D eigenvalue weighted by molar-refractivity contribution is -0.107. The van der Waals surface area contributed by atoms with Crippen molar-refractivity contribution in [2.24, 2.45) is 0 Å². The fraction of sp³-hybridized carbons (Fsp3) is 0.250. The Bertz CT molecular complexity index is 399. The molecule has 16 heavy (non-hydrogen) atoms. The maximum atomic E-state index is 10.6. The van der Waals surface area contributed by atoms with Crippen LogP contribution in [0.3, 0.4) is 0 Å². The third-order valence-electron chi connectivity index (χ3n) is 1.91. The second-order valence-electron chi connectivity index (χ2n) is 2.97. The lowest BCUT2D eigenvalue weighted by Gasteiger charge is -2.08. The fourth-order valence-electron chi connectivity index (χ4n) is 1.22. The smallest absolute Gasteiger partial charge is 0.245 e. The molecule has 0 spiro atoms. The monoisotopic (exact) mass is 240 g/mol. The highest BCUT2D eigenvalue weighted by Crippen LogP contribution is 2.26. The summed E-state index contributed by atoms with van der Waals surface area (Å²) in [4.78, 5) is 10.6. The van der Waals surface area contributed by atoms with E-state index in [1.165, 1.54) is 6.08 Å². The van der Waals surface area contributed by atoms with Crippen LogP contribution in [0.4, 0.5) is 0 Å². The number of carbonyl (C=O) groups excluding carboxylic acids is 1. The fourth-order valence-corrected chi connectivity index (χ4v) is 1.28.